The summed E-state index contributed by atoms with van der Waals surface area (Å²) >= 11 is 0. The van der Waals surface area contributed by atoms with Crippen molar-refractivity contribution in [1.82, 2.24) is 15.2 Å². The minimum atomic E-state index is 0.414. The van der Waals surface area contributed by atoms with Crippen molar-refractivity contribution in [3.63, 3.8) is 0 Å². The monoisotopic (exact) mass is 343 g/mol. The van der Waals surface area contributed by atoms with Gasteiger partial charge in [0.15, 0.2) is 0 Å². The third-order valence-electron chi connectivity index (χ3n) is 5.14. The van der Waals surface area contributed by atoms with E-state index in [0.717, 1.165) is 26.1 Å². The highest BCUT2D eigenvalue weighted by molar-refractivity contribution is 5.20. The van der Waals surface area contributed by atoms with E-state index in [0.29, 0.717) is 12.1 Å². The molecule has 1 aliphatic rings. The van der Waals surface area contributed by atoms with Crippen LogP contribution in [-0.2, 0) is 13.1 Å². The number of rotatable bonds is 6. The highest BCUT2D eigenvalue weighted by Crippen LogP contribution is 2.33. The van der Waals surface area contributed by atoms with Gasteiger partial charge >= 0.3 is 0 Å². The summed E-state index contributed by atoms with van der Waals surface area (Å²) in [6.07, 6.45) is 4.98. The van der Waals surface area contributed by atoms with Crippen molar-refractivity contribution in [1.29, 1.82) is 0 Å². The smallest absolute Gasteiger partial charge is 0.0382 e. The molecule has 0 spiro atoms. The first-order valence-electron chi connectivity index (χ1n) is 9.34. The average Bonchev–Trinajstić information content (AvgIpc) is 3.11. The fraction of sp³-hybridized carbons (Fsp3) is 0.261. The van der Waals surface area contributed by atoms with Gasteiger partial charge in [-0.2, -0.15) is 0 Å². The number of pyridine rings is 1. The van der Waals surface area contributed by atoms with Crippen LogP contribution in [0.2, 0.25) is 0 Å². The minimum absolute atomic E-state index is 0.414. The summed E-state index contributed by atoms with van der Waals surface area (Å²) in [7, 11) is 0. The van der Waals surface area contributed by atoms with Crippen LogP contribution in [0.15, 0.2) is 85.2 Å². The maximum atomic E-state index is 4.34. The predicted molar refractivity (Wildman–Crippen MR) is 106 cm³/mol. The Morgan fingerprint density at radius 1 is 0.885 bits per heavy atom. The number of hydrogen-bond acceptors (Lipinski definition) is 3. The normalized spacial score (nSPS) is 20.3. The molecule has 26 heavy (non-hydrogen) atoms. The van der Waals surface area contributed by atoms with Crippen molar-refractivity contribution < 1.29 is 0 Å². The number of hydrogen-bond donors (Lipinski definition) is 1. The molecule has 3 aromatic rings. The van der Waals surface area contributed by atoms with E-state index in [1.165, 1.54) is 16.7 Å². The summed E-state index contributed by atoms with van der Waals surface area (Å²) in [5.74, 6) is 0. The van der Waals surface area contributed by atoms with Crippen LogP contribution in [0, 0.1) is 0 Å². The van der Waals surface area contributed by atoms with E-state index >= 15 is 0 Å². The van der Waals surface area contributed by atoms with E-state index in [9.17, 15) is 0 Å². The lowest BCUT2D eigenvalue weighted by Crippen LogP contribution is -2.32. The first kappa shape index (κ1) is 17.0. The Hall–Kier alpha value is -2.49. The Labute approximate surface area is 155 Å². The van der Waals surface area contributed by atoms with Crippen LogP contribution in [-0.4, -0.2) is 22.5 Å². The molecule has 1 fully saturated rings. The van der Waals surface area contributed by atoms with Gasteiger partial charge in [0.2, 0.25) is 0 Å². The molecule has 3 heteroatoms. The SMILES string of the molecule is c1ccc(CNC2C[C@H](c3cccnc3)N(Cc3ccccc3)C2)cc1. The molecule has 4 rings (SSSR count). The number of benzene rings is 2. The molecular weight excluding hydrogens is 318 g/mol. The average molecular weight is 343 g/mol. The number of likely N-dealkylation sites (tertiary alicyclic amines) is 1. The molecule has 0 radical (unpaired) electrons. The summed E-state index contributed by atoms with van der Waals surface area (Å²) < 4.78 is 0. The summed E-state index contributed by atoms with van der Waals surface area (Å²) in [6, 6.07) is 26.5. The number of nitrogens with one attached hydrogen (secondary N) is 1. The minimum Gasteiger partial charge on any atom is -0.309 e. The van der Waals surface area contributed by atoms with Crippen LogP contribution in [0.4, 0.5) is 0 Å². The Balaban J connectivity index is 1.47. The highest BCUT2D eigenvalue weighted by Gasteiger charge is 2.32. The zero-order valence-corrected chi connectivity index (χ0v) is 15.0. The van der Waals surface area contributed by atoms with Gasteiger partial charge in [-0.05, 0) is 29.2 Å². The Bertz CT molecular complexity index is 789. The van der Waals surface area contributed by atoms with E-state index in [1.807, 2.05) is 18.5 Å². The van der Waals surface area contributed by atoms with Crippen LogP contribution in [0.5, 0.6) is 0 Å². The zero-order chi connectivity index (χ0) is 17.6. The molecule has 0 saturated carbocycles. The second-order valence-electron chi connectivity index (χ2n) is 7.02. The van der Waals surface area contributed by atoms with Crippen LogP contribution < -0.4 is 5.32 Å². The lowest BCUT2D eigenvalue weighted by atomic mass is 10.0. The fourth-order valence-corrected chi connectivity index (χ4v) is 3.82. The van der Waals surface area contributed by atoms with Gasteiger partial charge in [-0.1, -0.05) is 66.7 Å². The molecule has 1 N–H and O–H groups in total. The maximum absolute atomic E-state index is 4.34. The highest BCUT2D eigenvalue weighted by atomic mass is 15.2. The molecule has 2 heterocycles. The first-order valence-corrected chi connectivity index (χ1v) is 9.34. The molecule has 0 bridgehead atoms. The molecule has 0 aliphatic carbocycles. The molecule has 0 amide bonds. The molecular formula is C23H25N3. The number of aromatic nitrogens is 1. The van der Waals surface area contributed by atoms with Gasteiger partial charge in [-0.3, -0.25) is 9.88 Å². The Morgan fingerprint density at radius 3 is 2.31 bits per heavy atom. The van der Waals surface area contributed by atoms with Crippen molar-refractivity contribution >= 4 is 0 Å². The van der Waals surface area contributed by atoms with Crippen molar-refractivity contribution in [2.24, 2.45) is 0 Å². The van der Waals surface area contributed by atoms with Gasteiger partial charge in [0, 0.05) is 44.1 Å². The van der Waals surface area contributed by atoms with Gasteiger partial charge in [-0.25, -0.2) is 0 Å². The van der Waals surface area contributed by atoms with E-state index in [2.05, 4.69) is 81.9 Å². The summed E-state index contributed by atoms with van der Waals surface area (Å²) in [5, 5.41) is 3.75. The summed E-state index contributed by atoms with van der Waals surface area (Å²) in [6.45, 7) is 2.95. The van der Waals surface area contributed by atoms with Crippen molar-refractivity contribution in [2.45, 2.75) is 31.6 Å². The Morgan fingerprint density at radius 2 is 1.62 bits per heavy atom. The molecule has 1 aromatic heterocycles. The van der Waals surface area contributed by atoms with Gasteiger partial charge in [0.25, 0.3) is 0 Å². The van der Waals surface area contributed by atoms with Crippen molar-refractivity contribution in [3.8, 4) is 0 Å². The molecule has 132 valence electrons. The fourth-order valence-electron chi connectivity index (χ4n) is 3.82. The summed E-state index contributed by atoms with van der Waals surface area (Å²) in [5.41, 5.74) is 4.02. The zero-order valence-electron chi connectivity index (χ0n) is 15.0. The van der Waals surface area contributed by atoms with Crippen LogP contribution in [0.25, 0.3) is 0 Å². The molecule has 1 aliphatic heterocycles. The molecule has 1 unspecified atom stereocenters. The number of nitrogens with zero attached hydrogens (tertiary/aromatic N) is 2. The molecule has 2 atom stereocenters. The van der Waals surface area contributed by atoms with E-state index < -0.39 is 0 Å². The van der Waals surface area contributed by atoms with E-state index in [-0.39, 0.29) is 0 Å². The second-order valence-corrected chi connectivity index (χ2v) is 7.02. The van der Waals surface area contributed by atoms with Crippen LogP contribution in [0.3, 0.4) is 0 Å². The maximum Gasteiger partial charge on any atom is 0.0382 e. The quantitative estimate of drug-likeness (QED) is 0.727. The van der Waals surface area contributed by atoms with Gasteiger partial charge in [0.1, 0.15) is 0 Å². The standard InChI is InChI=1S/C23H25N3/c1-3-8-19(9-4-1)15-25-22-14-23(21-12-7-13-24-16-21)26(18-22)17-20-10-5-2-6-11-20/h1-13,16,22-23,25H,14-15,17-18H2/t22?,23-/m1/s1. The summed E-state index contributed by atoms with van der Waals surface area (Å²) in [4.78, 5) is 6.92. The topological polar surface area (TPSA) is 28.2 Å². The van der Waals surface area contributed by atoms with E-state index in [4.69, 9.17) is 0 Å². The van der Waals surface area contributed by atoms with Gasteiger partial charge in [0.05, 0.1) is 0 Å². The lowest BCUT2D eigenvalue weighted by molar-refractivity contribution is 0.245. The largest absolute Gasteiger partial charge is 0.309 e. The van der Waals surface area contributed by atoms with Crippen molar-refractivity contribution in [3.05, 3.63) is 102 Å². The lowest BCUT2D eigenvalue weighted by Gasteiger charge is -2.24. The third-order valence-corrected chi connectivity index (χ3v) is 5.14. The van der Waals surface area contributed by atoms with Gasteiger partial charge < -0.3 is 5.32 Å². The van der Waals surface area contributed by atoms with Crippen molar-refractivity contribution in [2.75, 3.05) is 6.54 Å². The molecule has 3 nitrogen and oxygen atoms in total. The van der Waals surface area contributed by atoms with Gasteiger partial charge in [-0.15, -0.1) is 0 Å². The third kappa shape index (κ3) is 4.18. The molecule has 2 aromatic carbocycles. The van der Waals surface area contributed by atoms with E-state index in [1.54, 1.807) is 0 Å². The first-order chi connectivity index (χ1) is 12.9. The van der Waals surface area contributed by atoms with Crippen LogP contribution in [0.1, 0.15) is 29.2 Å². The molecule has 1 saturated heterocycles. The predicted octanol–water partition coefficient (Wildman–Crippen LogP) is 4.19. The second kappa shape index (κ2) is 8.26. The van der Waals surface area contributed by atoms with Crippen LogP contribution >= 0.6 is 0 Å². The Kier molecular flexibility index (Phi) is 5.38.